The number of nitrogens with zero attached hydrogens (tertiary/aromatic N) is 2. The number of hydrogen-bond donors (Lipinski definition) is 2. The van der Waals surface area contributed by atoms with Crippen molar-refractivity contribution in [2.75, 3.05) is 5.32 Å². The molecule has 2 unspecified atom stereocenters. The van der Waals surface area contributed by atoms with Crippen molar-refractivity contribution in [3.8, 4) is 10.6 Å². The van der Waals surface area contributed by atoms with Gasteiger partial charge in [-0.05, 0) is 37.1 Å². The highest BCUT2D eigenvalue weighted by Crippen LogP contribution is 2.27. The SMILES string of the molecule is CCC(C)C(NC(=O)c1ccc(Cl)c(Cl)c1)C(=O)Nc1nnc(-c2cccc(C)c2)s1. The maximum absolute atomic E-state index is 13.0. The van der Waals surface area contributed by atoms with E-state index in [9.17, 15) is 9.59 Å². The molecule has 0 aliphatic carbocycles. The lowest BCUT2D eigenvalue weighted by atomic mass is 9.98. The molecule has 0 aliphatic rings. The molecule has 0 saturated heterocycles. The monoisotopic (exact) mass is 476 g/mol. The molecule has 2 amide bonds. The van der Waals surface area contributed by atoms with E-state index in [-0.39, 0.29) is 16.8 Å². The normalized spacial score (nSPS) is 12.8. The van der Waals surface area contributed by atoms with E-state index in [1.807, 2.05) is 45.0 Å². The summed E-state index contributed by atoms with van der Waals surface area (Å²) in [5.74, 6) is -0.859. The fourth-order valence-corrected chi connectivity index (χ4v) is 3.96. The minimum absolute atomic E-state index is 0.101. The predicted molar refractivity (Wildman–Crippen MR) is 126 cm³/mol. The average Bonchev–Trinajstić information content (AvgIpc) is 3.21. The van der Waals surface area contributed by atoms with E-state index in [0.29, 0.717) is 27.1 Å². The van der Waals surface area contributed by atoms with Gasteiger partial charge < -0.3 is 5.32 Å². The molecule has 0 aliphatic heterocycles. The van der Waals surface area contributed by atoms with Crippen LogP contribution in [0.4, 0.5) is 5.13 Å². The molecule has 162 valence electrons. The fraction of sp³-hybridized carbons (Fsp3) is 0.273. The summed E-state index contributed by atoms with van der Waals surface area (Å²) in [5.41, 5.74) is 2.37. The summed E-state index contributed by atoms with van der Waals surface area (Å²) in [5, 5.41) is 15.5. The van der Waals surface area contributed by atoms with Crippen LogP contribution in [0.5, 0.6) is 0 Å². The summed E-state index contributed by atoms with van der Waals surface area (Å²) >= 11 is 13.2. The van der Waals surface area contributed by atoms with Crippen molar-refractivity contribution in [2.24, 2.45) is 5.92 Å². The van der Waals surface area contributed by atoms with Crippen molar-refractivity contribution in [1.29, 1.82) is 0 Å². The van der Waals surface area contributed by atoms with Gasteiger partial charge in [0, 0.05) is 11.1 Å². The summed E-state index contributed by atoms with van der Waals surface area (Å²) < 4.78 is 0. The Morgan fingerprint density at radius 1 is 1.10 bits per heavy atom. The molecule has 6 nitrogen and oxygen atoms in total. The molecule has 31 heavy (non-hydrogen) atoms. The zero-order chi connectivity index (χ0) is 22.5. The van der Waals surface area contributed by atoms with Crippen LogP contribution < -0.4 is 10.6 Å². The van der Waals surface area contributed by atoms with Crippen LogP contribution in [0.3, 0.4) is 0 Å². The first kappa shape index (κ1) is 23.2. The van der Waals surface area contributed by atoms with Crippen LogP contribution in [0.1, 0.15) is 36.2 Å². The topological polar surface area (TPSA) is 84.0 Å². The molecule has 1 aromatic heterocycles. The van der Waals surface area contributed by atoms with Crippen LogP contribution in [0.25, 0.3) is 10.6 Å². The Kier molecular flexibility index (Phi) is 7.64. The Morgan fingerprint density at radius 3 is 2.55 bits per heavy atom. The van der Waals surface area contributed by atoms with Crippen LogP contribution in [0.15, 0.2) is 42.5 Å². The van der Waals surface area contributed by atoms with Crippen molar-refractivity contribution in [2.45, 2.75) is 33.2 Å². The van der Waals surface area contributed by atoms with Crippen LogP contribution in [0, 0.1) is 12.8 Å². The smallest absolute Gasteiger partial charge is 0.251 e. The molecule has 0 saturated carbocycles. The minimum atomic E-state index is -0.752. The Hall–Kier alpha value is -2.48. The molecule has 2 atom stereocenters. The van der Waals surface area contributed by atoms with Crippen molar-refractivity contribution >= 4 is 51.5 Å². The summed E-state index contributed by atoms with van der Waals surface area (Å²) in [6.45, 7) is 5.86. The number of aromatic nitrogens is 2. The highest BCUT2D eigenvalue weighted by atomic mass is 35.5. The fourth-order valence-electron chi connectivity index (χ4n) is 2.92. The second kappa shape index (κ2) is 10.2. The highest BCUT2D eigenvalue weighted by molar-refractivity contribution is 7.18. The first-order chi connectivity index (χ1) is 14.8. The largest absolute Gasteiger partial charge is 0.340 e. The zero-order valence-electron chi connectivity index (χ0n) is 17.3. The third-order valence-electron chi connectivity index (χ3n) is 4.88. The Balaban J connectivity index is 1.74. The maximum atomic E-state index is 13.0. The number of aryl methyl sites for hydroxylation is 1. The number of amides is 2. The van der Waals surface area contributed by atoms with Gasteiger partial charge in [0.05, 0.1) is 10.0 Å². The zero-order valence-corrected chi connectivity index (χ0v) is 19.6. The van der Waals surface area contributed by atoms with Gasteiger partial charge in [-0.3, -0.25) is 14.9 Å². The molecule has 1 heterocycles. The standard InChI is InChI=1S/C22H22Cl2N4O2S/c1-4-13(3)18(25-19(29)14-8-9-16(23)17(24)11-14)20(30)26-22-28-27-21(31-22)15-7-5-6-12(2)10-15/h5-11,13,18H,4H2,1-3H3,(H,25,29)(H,26,28,30). The Bertz CT molecular complexity index is 1100. The van der Waals surface area contributed by atoms with E-state index in [1.54, 1.807) is 12.1 Å². The number of nitrogens with one attached hydrogen (secondary N) is 2. The lowest BCUT2D eigenvalue weighted by Gasteiger charge is -2.23. The Labute approximate surface area is 195 Å². The molecule has 2 N–H and O–H groups in total. The highest BCUT2D eigenvalue weighted by Gasteiger charge is 2.27. The number of rotatable bonds is 7. The van der Waals surface area contributed by atoms with Gasteiger partial charge in [0.1, 0.15) is 11.0 Å². The molecule has 0 bridgehead atoms. The van der Waals surface area contributed by atoms with Gasteiger partial charge in [-0.2, -0.15) is 0 Å². The molecule has 3 aromatic rings. The second-order valence-electron chi connectivity index (χ2n) is 7.24. The number of carbonyl (C=O) groups is 2. The van der Waals surface area contributed by atoms with E-state index < -0.39 is 11.9 Å². The number of benzene rings is 2. The van der Waals surface area contributed by atoms with Crippen LogP contribution in [-0.2, 0) is 4.79 Å². The van der Waals surface area contributed by atoms with Gasteiger partial charge in [-0.25, -0.2) is 0 Å². The van der Waals surface area contributed by atoms with Gasteiger partial charge >= 0.3 is 0 Å². The third kappa shape index (κ3) is 5.81. The van der Waals surface area contributed by atoms with Gasteiger partial charge in [-0.15, -0.1) is 10.2 Å². The number of halogens is 2. The Morgan fingerprint density at radius 2 is 1.87 bits per heavy atom. The van der Waals surface area contributed by atoms with Crippen LogP contribution in [-0.4, -0.2) is 28.1 Å². The molecule has 3 rings (SSSR count). The molecular weight excluding hydrogens is 455 g/mol. The van der Waals surface area contributed by atoms with E-state index in [2.05, 4.69) is 20.8 Å². The quantitative estimate of drug-likeness (QED) is 0.464. The van der Waals surface area contributed by atoms with Gasteiger partial charge in [0.15, 0.2) is 0 Å². The van der Waals surface area contributed by atoms with Gasteiger partial charge in [0.25, 0.3) is 5.91 Å². The molecular formula is C22H22Cl2N4O2S. The summed E-state index contributed by atoms with van der Waals surface area (Å²) in [4.78, 5) is 25.7. The van der Waals surface area contributed by atoms with E-state index in [1.165, 1.54) is 17.4 Å². The van der Waals surface area contributed by atoms with Crippen molar-refractivity contribution in [1.82, 2.24) is 15.5 Å². The summed E-state index contributed by atoms with van der Waals surface area (Å²) in [6, 6.07) is 11.7. The van der Waals surface area contributed by atoms with Crippen molar-refractivity contribution in [3.05, 3.63) is 63.6 Å². The molecule has 0 fully saturated rings. The predicted octanol–water partition coefficient (Wildman–Crippen LogP) is 5.60. The maximum Gasteiger partial charge on any atom is 0.251 e. The van der Waals surface area contributed by atoms with E-state index in [0.717, 1.165) is 11.1 Å². The number of anilines is 1. The van der Waals surface area contributed by atoms with Crippen molar-refractivity contribution in [3.63, 3.8) is 0 Å². The summed E-state index contributed by atoms with van der Waals surface area (Å²) in [6.07, 6.45) is 0.699. The van der Waals surface area contributed by atoms with Gasteiger partial charge in [-0.1, -0.05) is 78.6 Å². The first-order valence-electron chi connectivity index (χ1n) is 9.75. The molecule has 0 spiro atoms. The molecule has 2 aromatic carbocycles. The van der Waals surface area contributed by atoms with Crippen molar-refractivity contribution < 1.29 is 9.59 Å². The van der Waals surface area contributed by atoms with Crippen LogP contribution >= 0.6 is 34.5 Å². The number of hydrogen-bond acceptors (Lipinski definition) is 5. The van der Waals surface area contributed by atoms with Gasteiger partial charge in [0.2, 0.25) is 11.0 Å². The second-order valence-corrected chi connectivity index (χ2v) is 9.03. The van der Waals surface area contributed by atoms with Crippen LogP contribution in [0.2, 0.25) is 10.0 Å². The average molecular weight is 477 g/mol. The van der Waals surface area contributed by atoms with E-state index >= 15 is 0 Å². The third-order valence-corrected chi connectivity index (χ3v) is 6.51. The molecule has 0 radical (unpaired) electrons. The first-order valence-corrected chi connectivity index (χ1v) is 11.3. The minimum Gasteiger partial charge on any atom is -0.340 e. The van der Waals surface area contributed by atoms with E-state index in [4.69, 9.17) is 23.2 Å². The lowest BCUT2D eigenvalue weighted by Crippen LogP contribution is -2.47. The lowest BCUT2D eigenvalue weighted by molar-refractivity contribution is -0.119. The summed E-state index contributed by atoms with van der Waals surface area (Å²) in [7, 11) is 0. The number of carbonyl (C=O) groups excluding carboxylic acids is 2. The molecule has 9 heteroatoms.